The zero-order chi connectivity index (χ0) is 20.5. The van der Waals surface area contributed by atoms with Gasteiger partial charge in [-0.05, 0) is 49.4 Å². The van der Waals surface area contributed by atoms with Crippen LogP contribution >= 0.6 is 11.8 Å². The molecule has 2 rings (SSSR count). The highest BCUT2D eigenvalue weighted by Gasteiger charge is 2.06. The van der Waals surface area contributed by atoms with Crippen LogP contribution in [0.2, 0.25) is 0 Å². The van der Waals surface area contributed by atoms with Crippen molar-refractivity contribution in [2.24, 2.45) is 0 Å². The van der Waals surface area contributed by atoms with E-state index in [-0.39, 0.29) is 17.4 Å². The van der Waals surface area contributed by atoms with Crippen LogP contribution in [0.4, 0.5) is 11.4 Å². The molecule has 0 saturated heterocycles. The van der Waals surface area contributed by atoms with Gasteiger partial charge in [0.25, 0.3) is 0 Å². The van der Waals surface area contributed by atoms with E-state index in [0.29, 0.717) is 16.9 Å². The number of benzene rings is 2. The lowest BCUT2D eigenvalue weighted by Crippen LogP contribution is -2.14. The van der Waals surface area contributed by atoms with Gasteiger partial charge < -0.3 is 15.7 Å². The number of carboxylic acids is 1. The van der Waals surface area contributed by atoms with Crippen molar-refractivity contribution in [3.05, 3.63) is 66.2 Å². The lowest BCUT2D eigenvalue weighted by atomic mass is 10.1. The highest BCUT2D eigenvalue weighted by Crippen LogP contribution is 2.22. The molecule has 0 aliphatic carbocycles. The molecule has 28 heavy (non-hydrogen) atoms. The molecule has 0 bridgehead atoms. The first kappa shape index (κ1) is 20.9. The number of thioether (sulfide) groups is 1. The van der Waals surface area contributed by atoms with Crippen LogP contribution in [-0.2, 0) is 14.4 Å². The van der Waals surface area contributed by atoms with Gasteiger partial charge in [0, 0.05) is 34.0 Å². The van der Waals surface area contributed by atoms with Crippen molar-refractivity contribution in [2.75, 3.05) is 16.4 Å². The van der Waals surface area contributed by atoms with Crippen molar-refractivity contribution in [2.45, 2.75) is 11.8 Å². The van der Waals surface area contributed by atoms with E-state index in [1.54, 1.807) is 48.5 Å². The van der Waals surface area contributed by atoms with Gasteiger partial charge in [-0.3, -0.25) is 14.4 Å². The molecule has 8 heteroatoms. The van der Waals surface area contributed by atoms with Crippen LogP contribution in [0.25, 0.3) is 0 Å². The second kappa shape index (κ2) is 10.1. The van der Waals surface area contributed by atoms with Gasteiger partial charge in [-0.1, -0.05) is 6.07 Å². The number of carbonyl (C=O) groups is 4. The topological polar surface area (TPSA) is 113 Å². The van der Waals surface area contributed by atoms with Gasteiger partial charge >= 0.3 is 5.97 Å². The lowest BCUT2D eigenvalue weighted by molar-refractivity contribution is -0.131. The Balaban J connectivity index is 1.88. The Morgan fingerprint density at radius 2 is 1.68 bits per heavy atom. The number of carboxylic acid groups (broad SMARTS) is 1. The fourth-order valence-electron chi connectivity index (χ4n) is 2.13. The second-order valence-electron chi connectivity index (χ2n) is 5.66. The molecule has 0 heterocycles. The number of carbonyl (C=O) groups excluding carboxylic acids is 3. The van der Waals surface area contributed by atoms with E-state index in [9.17, 15) is 19.2 Å². The van der Waals surface area contributed by atoms with E-state index < -0.39 is 11.9 Å². The molecule has 0 aliphatic heterocycles. The highest BCUT2D eigenvalue weighted by molar-refractivity contribution is 8.00. The van der Waals surface area contributed by atoms with E-state index >= 15 is 0 Å². The predicted molar refractivity (Wildman–Crippen MR) is 108 cm³/mol. The van der Waals surface area contributed by atoms with Crippen molar-refractivity contribution in [1.82, 2.24) is 0 Å². The number of nitrogens with one attached hydrogen (secondary N) is 2. The maximum absolute atomic E-state index is 12.1. The zero-order valence-corrected chi connectivity index (χ0v) is 15.8. The number of rotatable bonds is 8. The smallest absolute Gasteiger partial charge is 0.328 e. The first-order valence-corrected chi connectivity index (χ1v) is 9.18. The number of amides is 2. The Hall–Kier alpha value is -3.39. The van der Waals surface area contributed by atoms with E-state index in [4.69, 9.17) is 5.11 Å². The van der Waals surface area contributed by atoms with Crippen molar-refractivity contribution in [1.29, 1.82) is 0 Å². The van der Waals surface area contributed by atoms with Crippen LogP contribution in [0.5, 0.6) is 0 Å². The minimum Gasteiger partial charge on any atom is -0.478 e. The summed E-state index contributed by atoms with van der Waals surface area (Å²) in [5.41, 5.74) is 1.66. The number of anilines is 2. The number of hydrogen-bond acceptors (Lipinski definition) is 5. The molecular formula is C20H18N2O5S. The first-order valence-electron chi connectivity index (χ1n) is 8.19. The molecule has 0 fully saturated rings. The maximum Gasteiger partial charge on any atom is 0.328 e. The maximum atomic E-state index is 12.1. The molecule has 3 N–H and O–H groups in total. The Morgan fingerprint density at radius 3 is 2.32 bits per heavy atom. The molecule has 0 radical (unpaired) electrons. The molecule has 0 aliphatic rings. The average Bonchev–Trinajstić information content (AvgIpc) is 2.65. The summed E-state index contributed by atoms with van der Waals surface area (Å²) < 4.78 is 0. The monoisotopic (exact) mass is 398 g/mol. The van der Waals surface area contributed by atoms with Crippen LogP contribution in [0.1, 0.15) is 17.3 Å². The van der Waals surface area contributed by atoms with E-state index in [0.717, 1.165) is 17.0 Å². The predicted octanol–water partition coefficient (Wildman–Crippen LogP) is 3.20. The first-order chi connectivity index (χ1) is 13.3. The number of aliphatic carboxylic acids is 1. The third kappa shape index (κ3) is 7.08. The number of hydrogen-bond donors (Lipinski definition) is 3. The lowest BCUT2D eigenvalue weighted by Gasteiger charge is -2.07. The van der Waals surface area contributed by atoms with Gasteiger partial charge in [0.05, 0.1) is 5.75 Å². The van der Waals surface area contributed by atoms with Crippen LogP contribution in [0, 0.1) is 0 Å². The Kier molecular flexibility index (Phi) is 7.53. The van der Waals surface area contributed by atoms with Crippen molar-refractivity contribution < 1.29 is 24.3 Å². The minimum atomic E-state index is -1.21. The van der Waals surface area contributed by atoms with Gasteiger partial charge in [0.1, 0.15) is 0 Å². The SMILES string of the molecule is CC(=O)c1ccc(NC(=O)CSc2cccc(NC(=O)/C=C/C(=O)O)c2)cc1. The molecule has 7 nitrogen and oxygen atoms in total. The molecule has 2 aromatic carbocycles. The van der Waals surface area contributed by atoms with Crippen LogP contribution in [0.3, 0.4) is 0 Å². The van der Waals surface area contributed by atoms with Crippen molar-refractivity contribution in [3.63, 3.8) is 0 Å². The van der Waals surface area contributed by atoms with Crippen LogP contribution in [-0.4, -0.2) is 34.4 Å². The van der Waals surface area contributed by atoms with Crippen molar-refractivity contribution in [3.8, 4) is 0 Å². The molecule has 0 spiro atoms. The Morgan fingerprint density at radius 1 is 0.964 bits per heavy atom. The molecule has 0 saturated carbocycles. The minimum absolute atomic E-state index is 0.0427. The summed E-state index contributed by atoms with van der Waals surface area (Å²) in [4.78, 5) is 46.1. The van der Waals surface area contributed by atoms with Gasteiger partial charge in [-0.2, -0.15) is 0 Å². The Labute approximate surface area is 165 Å². The van der Waals surface area contributed by atoms with Gasteiger partial charge in [-0.25, -0.2) is 4.79 Å². The average molecular weight is 398 g/mol. The van der Waals surface area contributed by atoms with Gasteiger partial charge in [0.15, 0.2) is 5.78 Å². The summed E-state index contributed by atoms with van der Waals surface area (Å²) in [6.07, 6.45) is 1.67. The Bertz CT molecular complexity index is 922. The summed E-state index contributed by atoms with van der Waals surface area (Å²) in [6, 6.07) is 13.5. The number of ketones is 1. The molecule has 0 aromatic heterocycles. The molecule has 2 aromatic rings. The summed E-state index contributed by atoms with van der Waals surface area (Å²) in [5.74, 6) is -1.86. The zero-order valence-electron chi connectivity index (χ0n) is 15.0. The van der Waals surface area contributed by atoms with Crippen LogP contribution < -0.4 is 10.6 Å². The molecule has 144 valence electrons. The molecule has 0 atom stereocenters. The summed E-state index contributed by atoms with van der Waals surface area (Å²) >= 11 is 1.29. The summed E-state index contributed by atoms with van der Waals surface area (Å²) in [7, 11) is 0. The molecular weight excluding hydrogens is 380 g/mol. The normalized spacial score (nSPS) is 10.5. The largest absolute Gasteiger partial charge is 0.478 e. The summed E-state index contributed by atoms with van der Waals surface area (Å²) in [5, 5.41) is 13.8. The van der Waals surface area contributed by atoms with Gasteiger partial charge in [-0.15, -0.1) is 11.8 Å². The third-order valence-electron chi connectivity index (χ3n) is 3.42. The fourth-order valence-corrected chi connectivity index (χ4v) is 2.88. The second-order valence-corrected chi connectivity index (χ2v) is 6.71. The highest BCUT2D eigenvalue weighted by atomic mass is 32.2. The quantitative estimate of drug-likeness (QED) is 0.358. The van der Waals surface area contributed by atoms with E-state index in [1.165, 1.54) is 18.7 Å². The molecule has 2 amide bonds. The van der Waals surface area contributed by atoms with Crippen molar-refractivity contribution >= 4 is 46.7 Å². The van der Waals surface area contributed by atoms with E-state index in [1.807, 2.05) is 0 Å². The van der Waals surface area contributed by atoms with Gasteiger partial charge in [0.2, 0.25) is 11.8 Å². The fraction of sp³-hybridized carbons (Fsp3) is 0.100. The standard InChI is InChI=1S/C20H18N2O5S/c1-13(23)14-5-7-15(8-6-14)21-19(25)12-28-17-4-2-3-16(11-17)22-18(24)9-10-20(26)27/h2-11H,12H2,1H3,(H,21,25)(H,22,24)(H,26,27)/b10-9+. The third-order valence-corrected chi connectivity index (χ3v) is 4.42. The molecule has 0 unspecified atom stereocenters. The van der Waals surface area contributed by atoms with Crippen LogP contribution in [0.15, 0.2) is 65.6 Å². The summed E-state index contributed by atoms with van der Waals surface area (Å²) in [6.45, 7) is 1.48. The number of Topliss-reactive ketones (excluding diaryl/α,β-unsaturated/α-hetero) is 1. The van der Waals surface area contributed by atoms with E-state index in [2.05, 4.69) is 10.6 Å².